The second-order valence-electron chi connectivity index (χ2n) is 5.35. The second-order valence-corrected chi connectivity index (χ2v) is 5.35. The quantitative estimate of drug-likeness (QED) is 0.613. The number of benzene rings is 1. The van der Waals surface area contributed by atoms with Crippen molar-refractivity contribution in [2.75, 3.05) is 6.61 Å². The Morgan fingerprint density at radius 1 is 1.45 bits per heavy atom. The first-order valence-corrected chi connectivity index (χ1v) is 6.62. The van der Waals surface area contributed by atoms with E-state index in [4.69, 9.17) is 15.2 Å². The third kappa shape index (κ3) is 4.70. The van der Waals surface area contributed by atoms with Crippen LogP contribution in [-0.4, -0.2) is 23.2 Å². The van der Waals surface area contributed by atoms with Crippen LogP contribution < -0.4 is 15.2 Å². The zero-order valence-electron chi connectivity index (χ0n) is 12.4. The van der Waals surface area contributed by atoms with E-state index in [0.717, 1.165) is 6.42 Å². The molecule has 6 nitrogen and oxygen atoms in total. The van der Waals surface area contributed by atoms with Gasteiger partial charge in [0.25, 0.3) is 0 Å². The van der Waals surface area contributed by atoms with Crippen LogP contribution in [0.5, 0.6) is 11.5 Å². The average Bonchev–Trinajstić information content (AvgIpc) is 2.35. The van der Waals surface area contributed by atoms with Crippen molar-refractivity contribution in [1.29, 1.82) is 0 Å². The van der Waals surface area contributed by atoms with Crippen molar-refractivity contribution in [3.05, 3.63) is 28.3 Å². The van der Waals surface area contributed by atoms with Crippen molar-refractivity contribution in [3.63, 3.8) is 0 Å². The molecule has 1 aromatic carbocycles. The van der Waals surface area contributed by atoms with Gasteiger partial charge in [0.2, 0.25) is 5.75 Å². The first-order valence-electron chi connectivity index (χ1n) is 6.62. The summed E-state index contributed by atoms with van der Waals surface area (Å²) in [7, 11) is 0. The molecule has 0 aliphatic carbocycles. The van der Waals surface area contributed by atoms with Gasteiger partial charge in [-0.1, -0.05) is 6.92 Å². The summed E-state index contributed by atoms with van der Waals surface area (Å²) in [5, 5.41) is 10.9. The van der Waals surface area contributed by atoms with Gasteiger partial charge in [-0.05, 0) is 33.3 Å². The molecule has 0 aliphatic rings. The van der Waals surface area contributed by atoms with E-state index in [0.29, 0.717) is 12.4 Å². The monoisotopic (exact) mass is 282 g/mol. The van der Waals surface area contributed by atoms with Gasteiger partial charge in [-0.25, -0.2) is 0 Å². The lowest BCUT2D eigenvalue weighted by Gasteiger charge is -2.23. The van der Waals surface area contributed by atoms with E-state index in [1.807, 2.05) is 27.7 Å². The highest BCUT2D eigenvalue weighted by Gasteiger charge is 2.20. The van der Waals surface area contributed by atoms with Gasteiger partial charge in [-0.15, -0.1) is 0 Å². The van der Waals surface area contributed by atoms with Crippen LogP contribution in [0.15, 0.2) is 18.2 Å². The van der Waals surface area contributed by atoms with E-state index in [-0.39, 0.29) is 17.5 Å². The summed E-state index contributed by atoms with van der Waals surface area (Å²) in [6.07, 6.45) is 0.620. The molecule has 0 aliphatic heterocycles. The Hall–Kier alpha value is -1.82. The second kappa shape index (κ2) is 6.56. The molecular weight excluding hydrogens is 260 g/mol. The topological polar surface area (TPSA) is 87.6 Å². The van der Waals surface area contributed by atoms with Crippen LogP contribution in [-0.2, 0) is 0 Å². The Bertz CT molecular complexity index is 472. The molecule has 20 heavy (non-hydrogen) atoms. The number of rotatable bonds is 7. The van der Waals surface area contributed by atoms with Gasteiger partial charge in [0.15, 0.2) is 0 Å². The summed E-state index contributed by atoms with van der Waals surface area (Å²) in [4.78, 5) is 10.5. The molecule has 0 radical (unpaired) electrons. The number of nitro benzene ring substituents is 1. The van der Waals surface area contributed by atoms with Gasteiger partial charge in [0, 0.05) is 17.7 Å². The predicted molar refractivity (Wildman–Crippen MR) is 77.2 cm³/mol. The van der Waals surface area contributed by atoms with Gasteiger partial charge in [0.05, 0.1) is 11.0 Å². The molecule has 1 rings (SSSR count). The maximum Gasteiger partial charge on any atom is 0.311 e. The number of nitrogens with zero attached hydrogens (tertiary/aromatic N) is 1. The average molecular weight is 282 g/mol. The molecule has 1 aromatic rings. The van der Waals surface area contributed by atoms with Crippen LogP contribution in [0.1, 0.15) is 34.1 Å². The van der Waals surface area contributed by atoms with Crippen molar-refractivity contribution in [1.82, 2.24) is 0 Å². The minimum atomic E-state index is -0.472. The molecule has 0 spiro atoms. The van der Waals surface area contributed by atoms with E-state index >= 15 is 0 Å². The van der Waals surface area contributed by atoms with Gasteiger partial charge in [0.1, 0.15) is 12.4 Å². The van der Waals surface area contributed by atoms with Crippen molar-refractivity contribution < 1.29 is 14.4 Å². The highest BCUT2D eigenvalue weighted by molar-refractivity contribution is 5.50. The van der Waals surface area contributed by atoms with Gasteiger partial charge in [-0.3, -0.25) is 10.1 Å². The lowest BCUT2D eigenvalue weighted by molar-refractivity contribution is -0.386. The van der Waals surface area contributed by atoms with E-state index in [2.05, 4.69) is 0 Å². The third-order valence-corrected chi connectivity index (χ3v) is 2.87. The summed E-state index contributed by atoms with van der Waals surface area (Å²) < 4.78 is 11.0. The number of nitrogens with two attached hydrogens (primary N) is 1. The summed E-state index contributed by atoms with van der Waals surface area (Å²) in [5.74, 6) is 0.717. The fourth-order valence-corrected chi connectivity index (χ4v) is 1.43. The standard InChI is InChI=1S/C14H22N2O4/c1-5-14(4,15)9-19-11-6-7-12(16(17)18)13(8-11)20-10(2)3/h6-8,10H,5,9,15H2,1-4H3. The zero-order chi connectivity index (χ0) is 15.3. The molecule has 1 unspecified atom stereocenters. The Labute approximate surface area is 119 Å². The smallest absolute Gasteiger partial charge is 0.311 e. The van der Waals surface area contributed by atoms with Gasteiger partial charge < -0.3 is 15.2 Å². The fourth-order valence-electron chi connectivity index (χ4n) is 1.43. The van der Waals surface area contributed by atoms with Crippen LogP contribution in [0, 0.1) is 10.1 Å². The third-order valence-electron chi connectivity index (χ3n) is 2.87. The Morgan fingerprint density at radius 3 is 2.60 bits per heavy atom. The molecule has 0 amide bonds. The zero-order valence-corrected chi connectivity index (χ0v) is 12.4. The molecule has 2 N–H and O–H groups in total. The number of ether oxygens (including phenoxy) is 2. The predicted octanol–water partition coefficient (Wildman–Crippen LogP) is 2.89. The molecule has 0 aromatic heterocycles. The first kappa shape index (κ1) is 16.2. The molecule has 0 saturated carbocycles. The van der Waals surface area contributed by atoms with Crippen molar-refractivity contribution in [3.8, 4) is 11.5 Å². The summed E-state index contributed by atoms with van der Waals surface area (Å²) in [5.41, 5.74) is 5.49. The minimum Gasteiger partial charge on any atom is -0.492 e. The van der Waals surface area contributed by atoms with E-state index in [1.165, 1.54) is 12.1 Å². The van der Waals surface area contributed by atoms with E-state index in [1.54, 1.807) is 6.07 Å². The molecule has 1 atom stereocenters. The van der Waals surface area contributed by atoms with Gasteiger partial charge >= 0.3 is 5.69 Å². The SMILES string of the molecule is CCC(C)(N)COc1ccc([N+](=O)[O-])c(OC(C)C)c1. The van der Waals surface area contributed by atoms with Gasteiger partial charge in [-0.2, -0.15) is 0 Å². The molecule has 0 heterocycles. The molecule has 6 heteroatoms. The minimum absolute atomic E-state index is 0.0722. The van der Waals surface area contributed by atoms with Crippen LogP contribution in [0.3, 0.4) is 0 Å². The summed E-state index contributed by atoms with van der Waals surface area (Å²) in [6, 6.07) is 4.47. The van der Waals surface area contributed by atoms with Crippen LogP contribution in [0.25, 0.3) is 0 Å². The van der Waals surface area contributed by atoms with Crippen molar-refractivity contribution in [2.45, 2.75) is 45.8 Å². The number of nitro groups is 1. The van der Waals surface area contributed by atoms with Crippen LogP contribution >= 0.6 is 0 Å². The number of hydrogen-bond donors (Lipinski definition) is 1. The van der Waals surface area contributed by atoms with Crippen molar-refractivity contribution in [2.24, 2.45) is 5.73 Å². The van der Waals surface area contributed by atoms with E-state index < -0.39 is 10.5 Å². The lowest BCUT2D eigenvalue weighted by atomic mass is 10.0. The van der Waals surface area contributed by atoms with Crippen LogP contribution in [0.4, 0.5) is 5.69 Å². The molecule has 112 valence electrons. The molecule has 0 bridgehead atoms. The summed E-state index contributed by atoms with van der Waals surface area (Å²) in [6.45, 7) is 7.83. The number of hydrogen-bond acceptors (Lipinski definition) is 5. The molecule has 0 fully saturated rings. The van der Waals surface area contributed by atoms with Crippen molar-refractivity contribution >= 4 is 5.69 Å². The largest absolute Gasteiger partial charge is 0.492 e. The maximum atomic E-state index is 10.9. The van der Waals surface area contributed by atoms with Crippen LogP contribution in [0.2, 0.25) is 0 Å². The summed E-state index contributed by atoms with van der Waals surface area (Å²) >= 11 is 0. The Balaban J connectivity index is 2.92. The Kier molecular flexibility index (Phi) is 5.33. The highest BCUT2D eigenvalue weighted by atomic mass is 16.6. The Morgan fingerprint density at radius 2 is 2.10 bits per heavy atom. The van der Waals surface area contributed by atoms with E-state index in [9.17, 15) is 10.1 Å². The molecule has 0 saturated heterocycles. The maximum absolute atomic E-state index is 10.9. The normalized spacial score (nSPS) is 13.9. The first-order chi connectivity index (χ1) is 9.25. The lowest BCUT2D eigenvalue weighted by Crippen LogP contribution is -2.41. The molecular formula is C14H22N2O4. The fraction of sp³-hybridized carbons (Fsp3) is 0.571. The highest BCUT2D eigenvalue weighted by Crippen LogP contribution is 2.32.